The molecule has 26 heavy (non-hydrogen) atoms. The van der Waals surface area contributed by atoms with E-state index in [1.165, 1.54) is 5.56 Å². The number of nitrogens with one attached hydrogen (secondary N) is 1. The molecule has 5 nitrogen and oxygen atoms in total. The van der Waals surface area contributed by atoms with Gasteiger partial charge in [-0.25, -0.2) is 4.98 Å². The highest BCUT2D eigenvalue weighted by Crippen LogP contribution is 2.28. The van der Waals surface area contributed by atoms with E-state index in [4.69, 9.17) is 11.6 Å². The highest BCUT2D eigenvalue weighted by atomic mass is 35.5. The number of carbonyl (C=O) groups excluding carboxylic acids is 1. The van der Waals surface area contributed by atoms with E-state index in [-0.39, 0.29) is 21.1 Å². The average molecular weight is 388 g/mol. The van der Waals surface area contributed by atoms with Crippen molar-refractivity contribution in [2.45, 2.75) is 26.7 Å². The summed E-state index contributed by atoms with van der Waals surface area (Å²) >= 11 is 7.24. The average Bonchev–Trinajstić information content (AvgIpc) is 2.92. The standard InChI is InChI=1S/C19H17ClN2O3S/c1-9(2)12-6-4-11(5-7-12)8-13(20)16-21-17(23)14-10(3)15(19(24)25)26-18(14)22-16/h4-9H,1-3H3,(H,24,25)(H,21,22,23)/p-1/b13-8-. The predicted molar refractivity (Wildman–Crippen MR) is 104 cm³/mol. The molecule has 0 spiro atoms. The Morgan fingerprint density at radius 3 is 2.54 bits per heavy atom. The summed E-state index contributed by atoms with van der Waals surface area (Å²) in [6.07, 6.45) is 1.70. The van der Waals surface area contributed by atoms with Crippen molar-refractivity contribution in [2.24, 2.45) is 0 Å². The van der Waals surface area contributed by atoms with Crippen LogP contribution in [-0.4, -0.2) is 15.9 Å². The summed E-state index contributed by atoms with van der Waals surface area (Å²) in [6, 6.07) is 7.93. The minimum absolute atomic E-state index is 0.000439. The number of rotatable bonds is 4. The molecule has 0 fully saturated rings. The van der Waals surface area contributed by atoms with Crippen LogP contribution in [0.25, 0.3) is 21.3 Å². The number of H-pyrrole nitrogens is 1. The Hall–Kier alpha value is -2.44. The molecule has 0 saturated carbocycles. The molecule has 3 aromatic rings. The predicted octanol–water partition coefficient (Wildman–Crippen LogP) is 3.52. The van der Waals surface area contributed by atoms with Crippen molar-refractivity contribution < 1.29 is 9.90 Å². The molecule has 3 rings (SSSR count). The Morgan fingerprint density at radius 1 is 1.31 bits per heavy atom. The van der Waals surface area contributed by atoms with Gasteiger partial charge in [-0.3, -0.25) is 4.79 Å². The summed E-state index contributed by atoms with van der Waals surface area (Å²) < 4.78 is 0. The molecule has 0 bridgehead atoms. The molecule has 0 aliphatic carbocycles. The SMILES string of the molecule is Cc1c(C(=O)[O-])sc2nc(/C(Cl)=C/c3ccc(C(C)C)cc3)[nH]c(=O)c12. The number of thiophene rings is 1. The summed E-state index contributed by atoms with van der Waals surface area (Å²) in [5.41, 5.74) is 2.03. The van der Waals surface area contributed by atoms with Gasteiger partial charge in [0.15, 0.2) is 5.82 Å². The van der Waals surface area contributed by atoms with Crippen LogP contribution in [0.1, 0.15) is 52.0 Å². The lowest BCUT2D eigenvalue weighted by atomic mass is 10.0. The van der Waals surface area contributed by atoms with Crippen LogP contribution in [0.5, 0.6) is 0 Å². The largest absolute Gasteiger partial charge is 0.544 e. The highest BCUT2D eigenvalue weighted by molar-refractivity contribution is 7.20. The van der Waals surface area contributed by atoms with Crippen molar-refractivity contribution in [3.63, 3.8) is 0 Å². The monoisotopic (exact) mass is 387 g/mol. The van der Waals surface area contributed by atoms with Gasteiger partial charge in [0, 0.05) is 0 Å². The summed E-state index contributed by atoms with van der Waals surface area (Å²) in [4.78, 5) is 30.8. The van der Waals surface area contributed by atoms with Crippen LogP contribution < -0.4 is 10.7 Å². The van der Waals surface area contributed by atoms with Gasteiger partial charge in [0.05, 0.1) is 21.3 Å². The number of halogens is 1. The van der Waals surface area contributed by atoms with Gasteiger partial charge in [0.25, 0.3) is 5.56 Å². The quantitative estimate of drug-likeness (QED) is 0.742. The fourth-order valence-corrected chi connectivity index (χ4v) is 3.88. The molecular formula is C19H16ClN2O3S-. The number of fused-ring (bicyclic) bond motifs is 1. The van der Waals surface area contributed by atoms with Gasteiger partial charge < -0.3 is 14.9 Å². The van der Waals surface area contributed by atoms with Crippen molar-refractivity contribution in [3.8, 4) is 0 Å². The normalized spacial score (nSPS) is 12.1. The van der Waals surface area contributed by atoms with E-state index >= 15 is 0 Å². The molecule has 0 aliphatic rings. The summed E-state index contributed by atoms with van der Waals surface area (Å²) in [6.45, 7) is 5.80. The third-order valence-corrected chi connectivity index (χ3v) is 5.56. The first-order chi connectivity index (χ1) is 12.3. The fourth-order valence-electron chi connectivity index (χ4n) is 2.64. The lowest BCUT2D eigenvalue weighted by Crippen LogP contribution is -2.21. The second kappa shape index (κ2) is 7.05. The van der Waals surface area contributed by atoms with Crippen molar-refractivity contribution in [1.29, 1.82) is 0 Å². The molecule has 0 aliphatic heterocycles. The molecule has 0 atom stereocenters. The van der Waals surface area contributed by atoms with E-state index in [9.17, 15) is 14.7 Å². The molecule has 0 saturated heterocycles. The Bertz CT molecular complexity index is 1080. The van der Waals surface area contributed by atoms with E-state index in [0.29, 0.717) is 16.3 Å². The molecule has 2 aromatic heterocycles. The molecule has 0 radical (unpaired) electrons. The van der Waals surface area contributed by atoms with E-state index in [2.05, 4.69) is 23.8 Å². The van der Waals surface area contributed by atoms with Crippen LogP contribution in [0.2, 0.25) is 0 Å². The molecule has 1 aromatic carbocycles. The zero-order valence-electron chi connectivity index (χ0n) is 14.4. The Kier molecular flexibility index (Phi) is 4.98. The molecular weight excluding hydrogens is 372 g/mol. The minimum atomic E-state index is -1.32. The second-order valence-electron chi connectivity index (χ2n) is 6.25. The number of benzene rings is 1. The van der Waals surface area contributed by atoms with E-state index in [1.807, 2.05) is 24.3 Å². The Labute approximate surface area is 159 Å². The molecule has 1 N–H and O–H groups in total. The molecule has 7 heteroatoms. The maximum absolute atomic E-state index is 12.3. The number of aromatic nitrogens is 2. The molecule has 0 unspecified atom stereocenters. The van der Waals surface area contributed by atoms with Crippen LogP contribution in [0.15, 0.2) is 29.1 Å². The van der Waals surface area contributed by atoms with Crippen molar-refractivity contribution in [2.75, 3.05) is 0 Å². The van der Waals surface area contributed by atoms with Crippen molar-refractivity contribution in [1.82, 2.24) is 9.97 Å². The van der Waals surface area contributed by atoms with Crippen LogP contribution in [0, 0.1) is 6.92 Å². The van der Waals surface area contributed by atoms with Gasteiger partial charge in [-0.15, -0.1) is 11.3 Å². The number of nitrogens with zero attached hydrogens (tertiary/aromatic N) is 1. The van der Waals surface area contributed by atoms with Gasteiger partial charge in [0.2, 0.25) is 0 Å². The fraction of sp³-hybridized carbons (Fsp3) is 0.211. The lowest BCUT2D eigenvalue weighted by molar-refractivity contribution is -0.254. The third kappa shape index (κ3) is 3.43. The van der Waals surface area contributed by atoms with Crippen LogP contribution in [-0.2, 0) is 0 Å². The summed E-state index contributed by atoms with van der Waals surface area (Å²) in [7, 11) is 0. The Balaban J connectivity index is 2.04. The van der Waals surface area contributed by atoms with E-state index < -0.39 is 11.5 Å². The number of aromatic carboxylic acids is 1. The minimum Gasteiger partial charge on any atom is -0.544 e. The van der Waals surface area contributed by atoms with E-state index in [0.717, 1.165) is 16.9 Å². The second-order valence-corrected chi connectivity index (χ2v) is 7.66. The number of aryl methyl sites for hydroxylation is 1. The van der Waals surface area contributed by atoms with Crippen LogP contribution in [0.3, 0.4) is 0 Å². The highest BCUT2D eigenvalue weighted by Gasteiger charge is 2.15. The molecule has 0 amide bonds. The lowest BCUT2D eigenvalue weighted by Gasteiger charge is -2.05. The number of hydrogen-bond donors (Lipinski definition) is 1. The smallest absolute Gasteiger partial charge is 0.260 e. The third-order valence-electron chi connectivity index (χ3n) is 4.11. The van der Waals surface area contributed by atoms with Crippen molar-refractivity contribution in [3.05, 3.63) is 62.0 Å². The van der Waals surface area contributed by atoms with Gasteiger partial charge in [0.1, 0.15) is 4.83 Å². The Morgan fingerprint density at radius 2 is 1.96 bits per heavy atom. The molecule has 2 heterocycles. The maximum atomic E-state index is 12.3. The maximum Gasteiger partial charge on any atom is 0.260 e. The summed E-state index contributed by atoms with van der Waals surface area (Å²) in [5, 5.41) is 11.7. The zero-order chi connectivity index (χ0) is 19.0. The number of carboxylic acids is 1. The topological polar surface area (TPSA) is 85.9 Å². The number of aromatic amines is 1. The van der Waals surface area contributed by atoms with Crippen molar-refractivity contribution >= 4 is 50.2 Å². The first-order valence-electron chi connectivity index (χ1n) is 8.00. The van der Waals surface area contributed by atoms with Gasteiger partial charge in [-0.2, -0.15) is 0 Å². The number of hydrogen-bond acceptors (Lipinski definition) is 5. The first-order valence-corrected chi connectivity index (χ1v) is 9.19. The summed E-state index contributed by atoms with van der Waals surface area (Å²) in [5.74, 6) is -0.689. The van der Waals surface area contributed by atoms with Crippen LogP contribution in [0.4, 0.5) is 0 Å². The first kappa shape index (κ1) is 18.4. The number of carboxylic acid groups (broad SMARTS) is 1. The van der Waals surface area contributed by atoms with E-state index in [1.54, 1.807) is 13.0 Å². The van der Waals surface area contributed by atoms with Gasteiger partial charge in [-0.05, 0) is 35.6 Å². The van der Waals surface area contributed by atoms with Crippen LogP contribution >= 0.6 is 22.9 Å². The zero-order valence-corrected chi connectivity index (χ0v) is 16.0. The van der Waals surface area contributed by atoms with Gasteiger partial charge >= 0.3 is 0 Å². The number of carbonyl (C=O) groups is 1. The molecule has 134 valence electrons. The van der Waals surface area contributed by atoms with Gasteiger partial charge in [-0.1, -0.05) is 49.7 Å².